The maximum absolute atomic E-state index is 4.77. The second-order valence-corrected chi connectivity index (χ2v) is 6.35. The minimum atomic E-state index is 0.367. The fourth-order valence-corrected chi connectivity index (χ4v) is 3.83. The van der Waals surface area contributed by atoms with Crippen molar-refractivity contribution in [2.45, 2.75) is 26.3 Å². The molecule has 5 heteroatoms. The third kappa shape index (κ3) is 3.60. The van der Waals surface area contributed by atoms with Crippen molar-refractivity contribution in [3.63, 3.8) is 0 Å². The molecule has 0 bridgehead atoms. The van der Waals surface area contributed by atoms with E-state index >= 15 is 0 Å². The van der Waals surface area contributed by atoms with Gasteiger partial charge in [-0.05, 0) is 25.6 Å². The van der Waals surface area contributed by atoms with Crippen molar-refractivity contribution in [3.05, 3.63) is 11.1 Å². The van der Waals surface area contributed by atoms with Gasteiger partial charge in [0.15, 0.2) is 5.13 Å². The second-order valence-electron chi connectivity index (χ2n) is 4.29. The number of thioether (sulfide) groups is 1. The zero-order chi connectivity index (χ0) is 12.1. The first-order valence-electron chi connectivity index (χ1n) is 6.32. The third-order valence-corrected chi connectivity index (χ3v) is 4.92. The number of anilines is 1. The summed E-state index contributed by atoms with van der Waals surface area (Å²) in [7, 11) is 0. The molecule has 3 nitrogen and oxygen atoms in total. The summed E-state index contributed by atoms with van der Waals surface area (Å²) in [5.74, 6) is 2.53. The predicted molar refractivity (Wildman–Crippen MR) is 78.4 cm³/mol. The maximum Gasteiger partial charge on any atom is 0.185 e. The molecule has 0 spiro atoms. The summed E-state index contributed by atoms with van der Waals surface area (Å²) in [6.07, 6.45) is 1.28. The summed E-state index contributed by atoms with van der Waals surface area (Å²) in [4.78, 5) is 7.20. The number of thiazole rings is 1. The Morgan fingerprint density at radius 3 is 3.18 bits per heavy atom. The van der Waals surface area contributed by atoms with E-state index in [0.717, 1.165) is 19.6 Å². The van der Waals surface area contributed by atoms with Gasteiger partial charge in [0.2, 0.25) is 0 Å². The molecule has 0 aromatic carbocycles. The molecule has 0 amide bonds. The van der Waals surface area contributed by atoms with Crippen molar-refractivity contribution in [1.29, 1.82) is 0 Å². The minimum absolute atomic E-state index is 0.367. The molecule has 96 valence electrons. The highest BCUT2D eigenvalue weighted by atomic mass is 32.2. The molecule has 1 aromatic rings. The van der Waals surface area contributed by atoms with Gasteiger partial charge in [0.1, 0.15) is 0 Å². The Kier molecular flexibility index (Phi) is 5.13. The highest BCUT2D eigenvalue weighted by molar-refractivity contribution is 7.99. The Morgan fingerprint density at radius 2 is 2.35 bits per heavy atom. The van der Waals surface area contributed by atoms with Crippen molar-refractivity contribution in [2.75, 3.05) is 36.0 Å². The quantitative estimate of drug-likeness (QED) is 0.911. The number of hydrogen-bond donors (Lipinski definition) is 1. The summed E-state index contributed by atoms with van der Waals surface area (Å²) in [6.45, 7) is 7.62. The summed E-state index contributed by atoms with van der Waals surface area (Å²) in [6, 6.07) is 0.367. The monoisotopic (exact) mass is 271 g/mol. The van der Waals surface area contributed by atoms with Gasteiger partial charge in [-0.1, -0.05) is 6.92 Å². The molecule has 0 saturated carbocycles. The first kappa shape index (κ1) is 13.2. The summed E-state index contributed by atoms with van der Waals surface area (Å²) < 4.78 is 0. The second kappa shape index (κ2) is 6.61. The number of rotatable bonds is 4. The molecule has 1 fully saturated rings. The summed E-state index contributed by atoms with van der Waals surface area (Å²) in [5.41, 5.74) is 1.18. The third-order valence-electron chi connectivity index (χ3n) is 2.96. The molecule has 2 rings (SSSR count). The summed E-state index contributed by atoms with van der Waals surface area (Å²) >= 11 is 3.84. The topological polar surface area (TPSA) is 28.2 Å². The van der Waals surface area contributed by atoms with Gasteiger partial charge in [-0.15, -0.1) is 11.3 Å². The lowest BCUT2D eigenvalue weighted by Crippen LogP contribution is -2.25. The van der Waals surface area contributed by atoms with Gasteiger partial charge < -0.3 is 10.2 Å². The van der Waals surface area contributed by atoms with Crippen molar-refractivity contribution >= 4 is 28.2 Å². The van der Waals surface area contributed by atoms with E-state index in [4.69, 9.17) is 4.98 Å². The molecule has 1 aromatic heterocycles. The smallest absolute Gasteiger partial charge is 0.185 e. The average Bonchev–Trinajstić information content (AvgIpc) is 2.66. The van der Waals surface area contributed by atoms with Gasteiger partial charge in [0.25, 0.3) is 0 Å². The van der Waals surface area contributed by atoms with Crippen LogP contribution in [0.2, 0.25) is 0 Å². The lowest BCUT2D eigenvalue weighted by Gasteiger charge is -2.18. The van der Waals surface area contributed by atoms with Gasteiger partial charge in [-0.2, -0.15) is 11.8 Å². The first-order valence-corrected chi connectivity index (χ1v) is 8.36. The molecule has 1 N–H and O–H groups in total. The van der Waals surface area contributed by atoms with Crippen molar-refractivity contribution in [1.82, 2.24) is 10.3 Å². The standard InChI is InChI=1S/C12H21N3S2/c1-3-13-10(2)11-9-17-12(14-11)15-5-4-7-16-8-6-15/h9-10,13H,3-8H2,1-2H3. The van der Waals surface area contributed by atoms with Crippen LogP contribution in [0.1, 0.15) is 32.0 Å². The van der Waals surface area contributed by atoms with Crippen LogP contribution in [0.5, 0.6) is 0 Å². The molecular formula is C12H21N3S2. The lowest BCUT2D eigenvalue weighted by atomic mass is 10.2. The van der Waals surface area contributed by atoms with E-state index < -0.39 is 0 Å². The zero-order valence-corrected chi connectivity index (χ0v) is 12.2. The highest BCUT2D eigenvalue weighted by Gasteiger charge is 2.15. The molecule has 1 aliphatic rings. The van der Waals surface area contributed by atoms with E-state index in [0.29, 0.717) is 6.04 Å². The SMILES string of the molecule is CCNC(C)c1csc(N2CCCSCC2)n1. The molecular weight excluding hydrogens is 250 g/mol. The van der Waals surface area contributed by atoms with Gasteiger partial charge in [0.05, 0.1) is 5.69 Å². The lowest BCUT2D eigenvalue weighted by molar-refractivity contribution is 0.586. The van der Waals surface area contributed by atoms with Crippen LogP contribution in [-0.4, -0.2) is 36.1 Å². The van der Waals surface area contributed by atoms with E-state index in [1.165, 1.54) is 28.8 Å². The Morgan fingerprint density at radius 1 is 1.47 bits per heavy atom. The van der Waals surface area contributed by atoms with E-state index in [2.05, 4.69) is 41.2 Å². The van der Waals surface area contributed by atoms with E-state index in [1.54, 1.807) is 11.3 Å². The molecule has 1 unspecified atom stereocenters. The van der Waals surface area contributed by atoms with Crippen LogP contribution in [0.3, 0.4) is 0 Å². The van der Waals surface area contributed by atoms with Crippen LogP contribution in [0.25, 0.3) is 0 Å². The van der Waals surface area contributed by atoms with Gasteiger partial charge in [-0.3, -0.25) is 0 Å². The molecule has 1 saturated heterocycles. The molecule has 17 heavy (non-hydrogen) atoms. The van der Waals surface area contributed by atoms with Crippen LogP contribution in [0.4, 0.5) is 5.13 Å². The average molecular weight is 271 g/mol. The van der Waals surface area contributed by atoms with E-state index in [-0.39, 0.29) is 0 Å². The summed E-state index contributed by atoms with van der Waals surface area (Å²) in [5, 5.41) is 6.81. The number of aromatic nitrogens is 1. The van der Waals surface area contributed by atoms with E-state index in [9.17, 15) is 0 Å². The highest BCUT2D eigenvalue weighted by Crippen LogP contribution is 2.25. The zero-order valence-electron chi connectivity index (χ0n) is 10.6. The molecule has 0 radical (unpaired) electrons. The van der Waals surface area contributed by atoms with Crippen molar-refractivity contribution in [3.8, 4) is 0 Å². The van der Waals surface area contributed by atoms with Crippen molar-refractivity contribution < 1.29 is 0 Å². The van der Waals surface area contributed by atoms with Crippen LogP contribution >= 0.6 is 23.1 Å². The van der Waals surface area contributed by atoms with E-state index in [1.807, 2.05) is 0 Å². The Hall–Kier alpha value is -0.260. The Labute approximate surface area is 112 Å². The maximum atomic E-state index is 4.77. The molecule has 0 aliphatic carbocycles. The fraction of sp³-hybridized carbons (Fsp3) is 0.750. The fourth-order valence-electron chi connectivity index (χ4n) is 1.97. The van der Waals surface area contributed by atoms with Crippen LogP contribution < -0.4 is 10.2 Å². The molecule has 1 atom stereocenters. The number of nitrogens with zero attached hydrogens (tertiary/aromatic N) is 2. The van der Waals surface area contributed by atoms with Gasteiger partial charge >= 0.3 is 0 Å². The Balaban J connectivity index is 2.01. The predicted octanol–water partition coefficient (Wildman–Crippen LogP) is 2.76. The normalized spacial score (nSPS) is 19.1. The van der Waals surface area contributed by atoms with Crippen LogP contribution in [-0.2, 0) is 0 Å². The number of hydrogen-bond acceptors (Lipinski definition) is 5. The van der Waals surface area contributed by atoms with Gasteiger partial charge in [0, 0.05) is 30.3 Å². The van der Waals surface area contributed by atoms with Crippen LogP contribution in [0.15, 0.2) is 5.38 Å². The number of nitrogens with one attached hydrogen (secondary N) is 1. The largest absolute Gasteiger partial charge is 0.347 e. The molecule has 2 heterocycles. The minimum Gasteiger partial charge on any atom is -0.347 e. The molecule has 1 aliphatic heterocycles. The first-order chi connectivity index (χ1) is 8.31. The van der Waals surface area contributed by atoms with Crippen LogP contribution in [0, 0.1) is 0 Å². The van der Waals surface area contributed by atoms with Gasteiger partial charge in [-0.25, -0.2) is 4.98 Å². The van der Waals surface area contributed by atoms with Crippen molar-refractivity contribution in [2.24, 2.45) is 0 Å². The Bertz CT molecular complexity index is 332.